The standard InChI is InChI=1S/C19H15F3N2O2/c1-2-11-4-3-5-13-12(10-25)8-24(19(11)13)9-16(26)23-15-7-6-14(20)17(21)18(15)22/h3-8,10H,2,9H2,1H3,(H,23,26). The van der Waals surface area contributed by atoms with E-state index in [1.807, 2.05) is 19.1 Å². The van der Waals surface area contributed by atoms with E-state index in [2.05, 4.69) is 5.32 Å². The van der Waals surface area contributed by atoms with Crippen molar-refractivity contribution in [3.05, 3.63) is 65.1 Å². The van der Waals surface area contributed by atoms with Crippen LogP contribution in [0, 0.1) is 17.5 Å². The first-order valence-electron chi connectivity index (χ1n) is 7.95. The van der Waals surface area contributed by atoms with Crippen LogP contribution in [-0.4, -0.2) is 16.8 Å². The van der Waals surface area contributed by atoms with Gasteiger partial charge in [-0.25, -0.2) is 13.2 Å². The minimum atomic E-state index is -1.65. The number of amides is 1. The summed E-state index contributed by atoms with van der Waals surface area (Å²) >= 11 is 0. The Morgan fingerprint density at radius 3 is 2.62 bits per heavy atom. The maximum atomic E-state index is 13.7. The predicted molar refractivity (Wildman–Crippen MR) is 91.6 cm³/mol. The van der Waals surface area contributed by atoms with Crippen LogP contribution in [0.2, 0.25) is 0 Å². The summed E-state index contributed by atoms with van der Waals surface area (Å²) in [5.41, 5.74) is 1.67. The monoisotopic (exact) mass is 360 g/mol. The Labute approximate surface area is 147 Å². The molecule has 134 valence electrons. The number of fused-ring (bicyclic) bond motifs is 1. The highest BCUT2D eigenvalue weighted by molar-refractivity contribution is 6.00. The van der Waals surface area contributed by atoms with Crippen LogP contribution in [0.25, 0.3) is 10.9 Å². The number of aromatic nitrogens is 1. The molecule has 0 atom stereocenters. The Hall–Kier alpha value is -3.09. The zero-order valence-corrected chi connectivity index (χ0v) is 13.9. The van der Waals surface area contributed by atoms with Gasteiger partial charge in [0.05, 0.1) is 11.2 Å². The number of anilines is 1. The number of carbonyl (C=O) groups is 2. The molecular weight excluding hydrogens is 345 g/mol. The predicted octanol–water partition coefficient (Wildman–Crippen LogP) is 4.07. The topological polar surface area (TPSA) is 51.1 Å². The summed E-state index contributed by atoms with van der Waals surface area (Å²) in [5.74, 6) is -5.07. The molecule has 3 aromatic rings. The van der Waals surface area contributed by atoms with Crippen LogP contribution in [0.5, 0.6) is 0 Å². The number of aryl methyl sites for hydroxylation is 1. The van der Waals surface area contributed by atoms with Gasteiger partial charge < -0.3 is 9.88 Å². The van der Waals surface area contributed by atoms with E-state index < -0.39 is 29.0 Å². The summed E-state index contributed by atoms with van der Waals surface area (Å²) in [7, 11) is 0. The third kappa shape index (κ3) is 3.08. The smallest absolute Gasteiger partial charge is 0.244 e. The third-order valence-corrected chi connectivity index (χ3v) is 4.14. The summed E-state index contributed by atoms with van der Waals surface area (Å²) in [6.45, 7) is 1.74. The molecule has 1 N–H and O–H groups in total. The normalized spacial score (nSPS) is 10.9. The van der Waals surface area contributed by atoms with Crippen molar-refractivity contribution in [1.29, 1.82) is 0 Å². The van der Waals surface area contributed by atoms with Gasteiger partial charge in [0.15, 0.2) is 23.7 Å². The lowest BCUT2D eigenvalue weighted by Gasteiger charge is -2.10. The van der Waals surface area contributed by atoms with E-state index in [1.54, 1.807) is 10.6 Å². The van der Waals surface area contributed by atoms with Crippen molar-refractivity contribution >= 4 is 28.8 Å². The van der Waals surface area contributed by atoms with E-state index in [1.165, 1.54) is 6.20 Å². The van der Waals surface area contributed by atoms with Crippen molar-refractivity contribution in [2.75, 3.05) is 5.32 Å². The van der Waals surface area contributed by atoms with E-state index in [9.17, 15) is 22.8 Å². The van der Waals surface area contributed by atoms with E-state index in [0.29, 0.717) is 23.7 Å². The largest absolute Gasteiger partial charge is 0.337 e. The fourth-order valence-electron chi connectivity index (χ4n) is 2.94. The summed E-state index contributed by atoms with van der Waals surface area (Å²) < 4.78 is 41.6. The van der Waals surface area contributed by atoms with Gasteiger partial charge in [0, 0.05) is 17.1 Å². The first kappa shape index (κ1) is 17.7. The number of nitrogens with one attached hydrogen (secondary N) is 1. The molecule has 1 amide bonds. The van der Waals surface area contributed by atoms with Crippen LogP contribution in [0.1, 0.15) is 22.8 Å². The van der Waals surface area contributed by atoms with E-state index in [-0.39, 0.29) is 6.54 Å². The molecule has 7 heteroatoms. The lowest BCUT2D eigenvalue weighted by atomic mass is 10.1. The Balaban J connectivity index is 1.93. The Morgan fingerprint density at radius 1 is 1.15 bits per heavy atom. The van der Waals surface area contributed by atoms with Crippen molar-refractivity contribution in [3.8, 4) is 0 Å². The molecule has 0 saturated heterocycles. The minimum absolute atomic E-state index is 0.209. The van der Waals surface area contributed by atoms with Crippen molar-refractivity contribution in [2.45, 2.75) is 19.9 Å². The second-order valence-corrected chi connectivity index (χ2v) is 5.77. The molecule has 0 radical (unpaired) electrons. The molecule has 3 rings (SSSR count). The summed E-state index contributed by atoms with van der Waals surface area (Å²) in [4.78, 5) is 23.6. The number of hydrogen-bond donors (Lipinski definition) is 1. The Morgan fingerprint density at radius 2 is 1.92 bits per heavy atom. The first-order valence-corrected chi connectivity index (χ1v) is 7.95. The molecule has 0 aliphatic carbocycles. The van der Waals surface area contributed by atoms with Gasteiger partial charge in [0.25, 0.3) is 0 Å². The third-order valence-electron chi connectivity index (χ3n) is 4.14. The molecule has 4 nitrogen and oxygen atoms in total. The van der Waals surface area contributed by atoms with Gasteiger partial charge in [-0.05, 0) is 24.1 Å². The SMILES string of the molecule is CCc1cccc2c(C=O)cn(CC(=O)Nc3ccc(F)c(F)c3F)c12. The van der Waals surface area contributed by atoms with E-state index in [0.717, 1.165) is 23.2 Å². The van der Waals surface area contributed by atoms with Gasteiger partial charge in [0.1, 0.15) is 6.54 Å². The van der Waals surface area contributed by atoms with Crippen LogP contribution < -0.4 is 5.32 Å². The highest BCUT2D eigenvalue weighted by atomic mass is 19.2. The molecule has 2 aromatic carbocycles. The van der Waals surface area contributed by atoms with Crippen molar-refractivity contribution in [2.24, 2.45) is 0 Å². The maximum absolute atomic E-state index is 13.7. The van der Waals surface area contributed by atoms with Gasteiger partial charge in [-0.1, -0.05) is 25.1 Å². The number of benzene rings is 2. The maximum Gasteiger partial charge on any atom is 0.244 e. The zero-order chi connectivity index (χ0) is 18.8. The molecule has 0 fully saturated rings. The summed E-state index contributed by atoms with van der Waals surface area (Å²) in [6, 6.07) is 7.18. The van der Waals surface area contributed by atoms with Gasteiger partial charge in [-0.3, -0.25) is 9.59 Å². The number of halogens is 3. The quantitative estimate of drug-likeness (QED) is 0.551. The van der Waals surface area contributed by atoms with Gasteiger partial charge in [-0.2, -0.15) is 0 Å². The number of aldehydes is 1. The second-order valence-electron chi connectivity index (χ2n) is 5.77. The molecular formula is C19H15F3N2O2. The lowest BCUT2D eigenvalue weighted by molar-refractivity contribution is -0.116. The van der Waals surface area contributed by atoms with Gasteiger partial charge >= 0.3 is 0 Å². The molecule has 0 aliphatic rings. The van der Waals surface area contributed by atoms with Crippen LogP contribution in [0.3, 0.4) is 0 Å². The molecule has 0 unspecified atom stereocenters. The minimum Gasteiger partial charge on any atom is -0.337 e. The van der Waals surface area contributed by atoms with Crippen LogP contribution in [-0.2, 0) is 17.8 Å². The van der Waals surface area contributed by atoms with Crippen molar-refractivity contribution in [3.63, 3.8) is 0 Å². The Bertz CT molecular complexity index is 1010. The number of hydrogen-bond acceptors (Lipinski definition) is 2. The summed E-state index contributed by atoms with van der Waals surface area (Å²) in [6.07, 6.45) is 2.93. The van der Waals surface area contributed by atoms with Crippen LogP contribution >= 0.6 is 0 Å². The lowest BCUT2D eigenvalue weighted by Crippen LogP contribution is -2.19. The highest BCUT2D eigenvalue weighted by Crippen LogP contribution is 2.25. The summed E-state index contributed by atoms with van der Waals surface area (Å²) in [5, 5.41) is 2.94. The molecule has 0 saturated carbocycles. The van der Waals surface area contributed by atoms with Crippen molar-refractivity contribution < 1.29 is 22.8 Å². The molecule has 1 aromatic heterocycles. The number of para-hydroxylation sites is 1. The van der Waals surface area contributed by atoms with Crippen LogP contribution in [0.15, 0.2) is 36.5 Å². The van der Waals surface area contributed by atoms with E-state index >= 15 is 0 Å². The van der Waals surface area contributed by atoms with Crippen LogP contribution in [0.4, 0.5) is 18.9 Å². The molecule has 0 bridgehead atoms. The average Bonchev–Trinajstić information content (AvgIpc) is 3.00. The fraction of sp³-hybridized carbons (Fsp3) is 0.158. The van der Waals surface area contributed by atoms with E-state index in [4.69, 9.17) is 0 Å². The molecule has 1 heterocycles. The molecule has 0 aliphatic heterocycles. The Kier molecular flexibility index (Phi) is 4.79. The average molecular weight is 360 g/mol. The van der Waals surface area contributed by atoms with Gasteiger partial charge in [0.2, 0.25) is 5.91 Å². The molecule has 0 spiro atoms. The van der Waals surface area contributed by atoms with Crippen molar-refractivity contribution in [1.82, 2.24) is 4.57 Å². The zero-order valence-electron chi connectivity index (χ0n) is 13.9. The molecule has 26 heavy (non-hydrogen) atoms. The fourth-order valence-corrected chi connectivity index (χ4v) is 2.94. The number of nitrogens with zero attached hydrogens (tertiary/aromatic N) is 1. The first-order chi connectivity index (χ1) is 12.5. The second kappa shape index (κ2) is 7.03. The number of carbonyl (C=O) groups excluding carboxylic acids is 2. The highest BCUT2D eigenvalue weighted by Gasteiger charge is 2.17. The number of rotatable bonds is 5. The van der Waals surface area contributed by atoms with Gasteiger partial charge in [-0.15, -0.1) is 0 Å².